The van der Waals surface area contributed by atoms with Gasteiger partial charge in [-0.15, -0.1) is 0 Å². The number of hydrazone groups is 1. The standard InChI is InChI=1S/C23H19N3O6/c1-16-2-6-18(7-3-16)23(28)32-21-10-4-17(5-11-21)14-24-25-22(27)15-31-20-12-8-19(9-13-20)26(29)30/h2-14H,15H2,1H3,(H,25,27). The van der Waals surface area contributed by atoms with E-state index in [1.807, 2.05) is 19.1 Å². The van der Waals surface area contributed by atoms with Crippen LogP contribution in [0.25, 0.3) is 0 Å². The van der Waals surface area contributed by atoms with Crippen molar-refractivity contribution in [2.45, 2.75) is 6.92 Å². The molecular weight excluding hydrogens is 414 g/mol. The molecule has 1 amide bonds. The predicted octanol–water partition coefficient (Wildman–Crippen LogP) is 3.65. The van der Waals surface area contributed by atoms with Crippen LogP contribution in [0.2, 0.25) is 0 Å². The number of amides is 1. The normalized spacial score (nSPS) is 10.5. The highest BCUT2D eigenvalue weighted by Crippen LogP contribution is 2.17. The minimum absolute atomic E-state index is 0.0673. The summed E-state index contributed by atoms with van der Waals surface area (Å²) in [7, 11) is 0. The Morgan fingerprint density at radius 3 is 2.22 bits per heavy atom. The summed E-state index contributed by atoms with van der Waals surface area (Å²) in [5.74, 6) is -0.242. The van der Waals surface area contributed by atoms with E-state index in [-0.39, 0.29) is 12.3 Å². The molecule has 0 bridgehead atoms. The van der Waals surface area contributed by atoms with Gasteiger partial charge in [-0.05, 0) is 61.0 Å². The van der Waals surface area contributed by atoms with Gasteiger partial charge >= 0.3 is 5.97 Å². The number of nitrogens with zero attached hydrogens (tertiary/aromatic N) is 2. The summed E-state index contributed by atoms with van der Waals surface area (Å²) in [5, 5.41) is 14.4. The largest absolute Gasteiger partial charge is 0.484 e. The molecule has 0 unspecified atom stereocenters. The number of nitro groups is 1. The van der Waals surface area contributed by atoms with Gasteiger partial charge in [-0.1, -0.05) is 17.7 Å². The van der Waals surface area contributed by atoms with Crippen molar-refractivity contribution in [1.82, 2.24) is 5.43 Å². The number of rotatable bonds is 8. The molecule has 0 fully saturated rings. The molecule has 0 aromatic heterocycles. The summed E-state index contributed by atoms with van der Waals surface area (Å²) in [4.78, 5) is 34.0. The van der Waals surface area contributed by atoms with Crippen LogP contribution in [0.4, 0.5) is 5.69 Å². The lowest BCUT2D eigenvalue weighted by atomic mass is 10.1. The molecular formula is C23H19N3O6. The lowest BCUT2D eigenvalue weighted by Gasteiger charge is -2.05. The maximum absolute atomic E-state index is 12.1. The molecule has 3 aromatic carbocycles. The Morgan fingerprint density at radius 1 is 0.969 bits per heavy atom. The minimum atomic E-state index is -0.522. The lowest BCUT2D eigenvalue weighted by molar-refractivity contribution is -0.384. The van der Waals surface area contributed by atoms with Crippen molar-refractivity contribution in [3.05, 3.63) is 99.6 Å². The number of nitrogens with one attached hydrogen (secondary N) is 1. The van der Waals surface area contributed by atoms with E-state index in [2.05, 4.69) is 10.5 Å². The van der Waals surface area contributed by atoms with E-state index in [0.29, 0.717) is 22.6 Å². The molecule has 3 rings (SSSR count). The Hall–Kier alpha value is -4.53. The molecule has 32 heavy (non-hydrogen) atoms. The number of benzene rings is 3. The highest BCUT2D eigenvalue weighted by atomic mass is 16.6. The zero-order valence-corrected chi connectivity index (χ0v) is 17.1. The molecule has 1 N–H and O–H groups in total. The SMILES string of the molecule is Cc1ccc(C(=O)Oc2ccc(C=NNC(=O)COc3ccc([N+](=O)[O-])cc3)cc2)cc1. The lowest BCUT2D eigenvalue weighted by Crippen LogP contribution is -2.24. The molecule has 0 aliphatic rings. The van der Waals surface area contributed by atoms with Crippen molar-refractivity contribution in [1.29, 1.82) is 0 Å². The Morgan fingerprint density at radius 2 is 1.59 bits per heavy atom. The van der Waals surface area contributed by atoms with Crippen LogP contribution in [-0.4, -0.2) is 29.6 Å². The second kappa shape index (κ2) is 10.5. The van der Waals surface area contributed by atoms with E-state index >= 15 is 0 Å². The third kappa shape index (κ3) is 6.49. The Balaban J connectivity index is 1.44. The zero-order valence-electron chi connectivity index (χ0n) is 17.1. The summed E-state index contributed by atoms with van der Waals surface area (Å²) in [6.45, 7) is 1.63. The number of aryl methyl sites for hydroxylation is 1. The third-order valence-corrected chi connectivity index (χ3v) is 4.20. The first-order valence-electron chi connectivity index (χ1n) is 9.49. The van der Waals surface area contributed by atoms with E-state index in [1.54, 1.807) is 36.4 Å². The average Bonchev–Trinajstić information content (AvgIpc) is 2.79. The van der Waals surface area contributed by atoms with Crippen LogP contribution >= 0.6 is 0 Å². The molecule has 0 atom stereocenters. The summed E-state index contributed by atoms with van der Waals surface area (Å²) in [5.41, 5.74) is 4.44. The number of ether oxygens (including phenoxy) is 2. The van der Waals surface area contributed by atoms with Gasteiger partial charge in [-0.2, -0.15) is 5.10 Å². The van der Waals surface area contributed by atoms with Gasteiger partial charge in [-0.25, -0.2) is 10.2 Å². The van der Waals surface area contributed by atoms with Crippen molar-refractivity contribution in [3.8, 4) is 11.5 Å². The number of carbonyl (C=O) groups is 2. The number of hydrogen-bond donors (Lipinski definition) is 1. The monoisotopic (exact) mass is 433 g/mol. The molecule has 0 aliphatic heterocycles. The van der Waals surface area contributed by atoms with Gasteiger partial charge in [0.05, 0.1) is 16.7 Å². The quantitative estimate of drug-likeness (QED) is 0.190. The van der Waals surface area contributed by atoms with Gasteiger partial charge in [0.2, 0.25) is 0 Å². The van der Waals surface area contributed by atoms with Gasteiger partial charge < -0.3 is 9.47 Å². The van der Waals surface area contributed by atoms with E-state index in [4.69, 9.17) is 9.47 Å². The first kappa shape index (κ1) is 22.2. The van der Waals surface area contributed by atoms with Gasteiger partial charge in [-0.3, -0.25) is 14.9 Å². The summed E-state index contributed by atoms with van der Waals surface area (Å²) >= 11 is 0. The topological polar surface area (TPSA) is 120 Å². The van der Waals surface area contributed by atoms with Gasteiger partial charge in [0, 0.05) is 12.1 Å². The molecule has 3 aromatic rings. The fourth-order valence-corrected chi connectivity index (χ4v) is 2.50. The van der Waals surface area contributed by atoms with Crippen LogP contribution in [-0.2, 0) is 4.79 Å². The molecule has 0 saturated carbocycles. The average molecular weight is 433 g/mol. The number of esters is 1. The van der Waals surface area contributed by atoms with E-state index in [1.165, 1.54) is 30.5 Å². The highest BCUT2D eigenvalue weighted by molar-refractivity contribution is 5.91. The van der Waals surface area contributed by atoms with E-state index < -0.39 is 16.8 Å². The van der Waals surface area contributed by atoms with E-state index in [0.717, 1.165) is 5.56 Å². The third-order valence-electron chi connectivity index (χ3n) is 4.20. The maximum Gasteiger partial charge on any atom is 0.343 e. The molecule has 0 spiro atoms. The molecule has 0 saturated heterocycles. The van der Waals surface area contributed by atoms with Gasteiger partial charge in [0.15, 0.2) is 6.61 Å². The molecule has 0 heterocycles. The number of hydrogen-bond acceptors (Lipinski definition) is 7. The smallest absolute Gasteiger partial charge is 0.343 e. The van der Waals surface area contributed by atoms with Crippen molar-refractivity contribution in [2.24, 2.45) is 5.10 Å². The van der Waals surface area contributed by atoms with Crippen LogP contribution in [0.15, 0.2) is 77.9 Å². The molecule has 0 aliphatic carbocycles. The molecule has 0 radical (unpaired) electrons. The maximum atomic E-state index is 12.1. The first-order chi connectivity index (χ1) is 15.4. The Labute approximate surface area is 183 Å². The van der Waals surface area contributed by atoms with Gasteiger partial charge in [0.25, 0.3) is 11.6 Å². The van der Waals surface area contributed by atoms with Crippen LogP contribution in [0.5, 0.6) is 11.5 Å². The molecule has 162 valence electrons. The number of carbonyl (C=O) groups excluding carboxylic acids is 2. The zero-order chi connectivity index (χ0) is 22.9. The van der Waals surface area contributed by atoms with Gasteiger partial charge in [0.1, 0.15) is 11.5 Å². The second-order valence-electron chi connectivity index (χ2n) is 6.66. The van der Waals surface area contributed by atoms with Crippen LogP contribution in [0.1, 0.15) is 21.5 Å². The van der Waals surface area contributed by atoms with Crippen LogP contribution in [0, 0.1) is 17.0 Å². The van der Waals surface area contributed by atoms with Crippen molar-refractivity contribution in [2.75, 3.05) is 6.61 Å². The minimum Gasteiger partial charge on any atom is -0.484 e. The second-order valence-corrected chi connectivity index (χ2v) is 6.66. The fraction of sp³-hybridized carbons (Fsp3) is 0.0870. The van der Waals surface area contributed by atoms with Crippen molar-refractivity contribution >= 4 is 23.8 Å². The summed E-state index contributed by atoms with van der Waals surface area (Å²) in [6, 6.07) is 19.0. The highest BCUT2D eigenvalue weighted by Gasteiger charge is 2.08. The Bertz CT molecular complexity index is 1120. The predicted molar refractivity (Wildman–Crippen MR) is 117 cm³/mol. The first-order valence-corrected chi connectivity index (χ1v) is 9.49. The van der Waals surface area contributed by atoms with Crippen molar-refractivity contribution in [3.63, 3.8) is 0 Å². The van der Waals surface area contributed by atoms with Crippen LogP contribution < -0.4 is 14.9 Å². The van der Waals surface area contributed by atoms with E-state index in [9.17, 15) is 19.7 Å². The number of nitro benzene ring substituents is 1. The molecule has 9 nitrogen and oxygen atoms in total. The van der Waals surface area contributed by atoms with Crippen LogP contribution in [0.3, 0.4) is 0 Å². The van der Waals surface area contributed by atoms with Crippen molar-refractivity contribution < 1.29 is 24.0 Å². The summed E-state index contributed by atoms with van der Waals surface area (Å²) in [6.07, 6.45) is 1.43. The summed E-state index contributed by atoms with van der Waals surface area (Å²) < 4.78 is 10.6. The fourth-order valence-electron chi connectivity index (χ4n) is 2.50. The molecule has 9 heteroatoms. The Kier molecular flexibility index (Phi) is 7.26. The number of non-ortho nitro benzene ring substituents is 1.